The molecule has 1 saturated heterocycles. The molecule has 39 heavy (non-hydrogen) atoms. The summed E-state index contributed by atoms with van der Waals surface area (Å²) in [6.07, 6.45) is 0.502. The van der Waals surface area contributed by atoms with Crippen LogP contribution in [0, 0.1) is 23.2 Å². The Hall–Kier alpha value is -2.75. The van der Waals surface area contributed by atoms with Crippen molar-refractivity contribution >= 4 is 29.7 Å². The number of ketones is 1. The van der Waals surface area contributed by atoms with E-state index in [2.05, 4.69) is 0 Å². The maximum absolute atomic E-state index is 14.8. The molecule has 1 heterocycles. The van der Waals surface area contributed by atoms with Crippen molar-refractivity contribution in [3.8, 4) is 0 Å². The van der Waals surface area contributed by atoms with Gasteiger partial charge in [0.1, 0.15) is 24.4 Å². The van der Waals surface area contributed by atoms with Crippen molar-refractivity contribution in [2.24, 2.45) is 23.2 Å². The summed E-state index contributed by atoms with van der Waals surface area (Å²) in [5.41, 5.74) is -1.82. The van der Waals surface area contributed by atoms with Gasteiger partial charge in [-0.25, -0.2) is 0 Å². The summed E-state index contributed by atoms with van der Waals surface area (Å²) in [4.78, 5) is 64.8. The van der Waals surface area contributed by atoms with Crippen LogP contribution in [0.4, 0.5) is 0 Å². The van der Waals surface area contributed by atoms with Crippen LogP contribution in [0.2, 0.25) is 0 Å². The summed E-state index contributed by atoms with van der Waals surface area (Å²) in [5.74, 6) is -4.98. The Kier molecular flexibility index (Phi) is 9.30. The van der Waals surface area contributed by atoms with E-state index in [1.807, 2.05) is 19.9 Å². The summed E-state index contributed by atoms with van der Waals surface area (Å²) >= 11 is 0. The first-order valence-electron chi connectivity index (χ1n) is 13.7. The zero-order chi connectivity index (χ0) is 29.3. The van der Waals surface area contributed by atoms with Crippen LogP contribution in [-0.4, -0.2) is 66.8 Å². The molecule has 1 saturated carbocycles. The lowest BCUT2D eigenvalue weighted by molar-refractivity contribution is -0.212. The van der Waals surface area contributed by atoms with E-state index in [-0.39, 0.29) is 12.8 Å². The van der Waals surface area contributed by atoms with Gasteiger partial charge in [-0.1, -0.05) is 32.4 Å². The average Bonchev–Trinajstić information content (AvgIpc) is 3.57. The van der Waals surface area contributed by atoms with Gasteiger partial charge in [0.25, 0.3) is 0 Å². The van der Waals surface area contributed by atoms with Crippen LogP contribution in [0.25, 0.3) is 0 Å². The van der Waals surface area contributed by atoms with Crippen molar-refractivity contribution in [3.63, 3.8) is 0 Å². The highest BCUT2D eigenvalue weighted by Gasteiger charge is 2.72. The number of epoxide rings is 1. The molecule has 218 valence electrons. The van der Waals surface area contributed by atoms with Gasteiger partial charge in [-0.2, -0.15) is 0 Å². The SMILES string of the molecule is CCCC(=O)O[C@H]1CC/C(C)=C\[C@@H]2O[C@]2([C@@H](C)C(=O)OC)C(=O)[C@H]2[C@H](C)[C@H](OC(C)=O)C[C@H](OC(C)=O)[C@]12C. The number of carbonyl (C=O) groups excluding carboxylic acids is 5. The van der Waals surface area contributed by atoms with Gasteiger partial charge in [0.15, 0.2) is 11.4 Å². The third-order valence-corrected chi connectivity index (χ3v) is 8.76. The van der Waals surface area contributed by atoms with Crippen molar-refractivity contribution in [2.75, 3.05) is 7.11 Å². The normalized spacial score (nSPS) is 38.1. The molecule has 0 aromatic rings. The van der Waals surface area contributed by atoms with Crippen LogP contribution in [0.3, 0.4) is 0 Å². The number of rotatable bonds is 7. The quantitative estimate of drug-likeness (QED) is 0.201. The maximum Gasteiger partial charge on any atom is 0.311 e. The van der Waals surface area contributed by atoms with E-state index in [0.29, 0.717) is 19.3 Å². The fraction of sp³-hybridized carbons (Fsp3) is 0.759. The number of hydrogen-bond acceptors (Lipinski definition) is 10. The molecule has 1 aliphatic heterocycles. The highest BCUT2D eigenvalue weighted by Crippen LogP contribution is 2.57. The number of Topliss-reactive ketones (excluding diaryl/α,β-unsaturated/α-hetero) is 1. The maximum atomic E-state index is 14.8. The molecule has 3 rings (SSSR count). The molecule has 3 aliphatic rings. The number of carbonyl (C=O) groups is 5. The van der Waals surface area contributed by atoms with E-state index in [4.69, 9.17) is 23.7 Å². The van der Waals surface area contributed by atoms with Crippen LogP contribution in [0.1, 0.15) is 80.6 Å². The second-order valence-corrected chi connectivity index (χ2v) is 11.4. The Morgan fingerprint density at radius 1 is 1.10 bits per heavy atom. The molecule has 0 bridgehead atoms. The Balaban J connectivity index is 2.26. The Morgan fingerprint density at radius 2 is 1.74 bits per heavy atom. The third kappa shape index (κ3) is 5.76. The van der Waals surface area contributed by atoms with Gasteiger partial charge < -0.3 is 23.7 Å². The molecular weight excluding hydrogens is 508 g/mol. The van der Waals surface area contributed by atoms with Crippen molar-refractivity contribution < 1.29 is 47.7 Å². The number of hydrogen-bond donors (Lipinski definition) is 0. The topological polar surface area (TPSA) is 135 Å². The van der Waals surface area contributed by atoms with E-state index < -0.39 is 82.8 Å². The van der Waals surface area contributed by atoms with E-state index in [9.17, 15) is 24.0 Å². The summed E-state index contributed by atoms with van der Waals surface area (Å²) in [6.45, 7) is 11.5. The Morgan fingerprint density at radius 3 is 2.31 bits per heavy atom. The van der Waals surface area contributed by atoms with Gasteiger partial charge in [-0.15, -0.1) is 0 Å². The molecule has 10 heteroatoms. The third-order valence-electron chi connectivity index (χ3n) is 8.76. The molecule has 9 atom stereocenters. The fourth-order valence-electron chi connectivity index (χ4n) is 6.64. The number of allylic oxidation sites excluding steroid dienone is 1. The van der Waals surface area contributed by atoms with E-state index in [0.717, 1.165) is 5.57 Å². The van der Waals surface area contributed by atoms with E-state index >= 15 is 0 Å². The first-order valence-corrected chi connectivity index (χ1v) is 13.7. The fourth-order valence-corrected chi connectivity index (χ4v) is 6.64. The second kappa shape index (κ2) is 11.8. The van der Waals surface area contributed by atoms with Gasteiger partial charge in [-0.3, -0.25) is 24.0 Å². The lowest BCUT2D eigenvalue weighted by Crippen LogP contribution is -2.64. The molecule has 0 N–H and O–H groups in total. The van der Waals surface area contributed by atoms with Crippen molar-refractivity contribution in [1.82, 2.24) is 0 Å². The molecule has 0 unspecified atom stereocenters. The minimum absolute atomic E-state index is 0.126. The second-order valence-electron chi connectivity index (χ2n) is 11.4. The zero-order valence-electron chi connectivity index (χ0n) is 24.2. The van der Waals surface area contributed by atoms with Crippen molar-refractivity contribution in [3.05, 3.63) is 11.6 Å². The average molecular weight is 551 g/mol. The largest absolute Gasteiger partial charge is 0.469 e. The van der Waals surface area contributed by atoms with E-state index in [1.165, 1.54) is 21.0 Å². The van der Waals surface area contributed by atoms with Crippen molar-refractivity contribution in [1.29, 1.82) is 0 Å². The lowest BCUT2D eigenvalue weighted by Gasteiger charge is -2.54. The summed E-state index contributed by atoms with van der Waals surface area (Å²) in [6, 6.07) is 0. The molecule has 2 fully saturated rings. The molecule has 0 spiro atoms. The van der Waals surface area contributed by atoms with E-state index in [1.54, 1.807) is 20.8 Å². The predicted octanol–water partition coefficient (Wildman–Crippen LogP) is 3.48. The van der Waals surface area contributed by atoms with Gasteiger partial charge in [0, 0.05) is 38.5 Å². The number of ether oxygens (including phenoxy) is 5. The minimum Gasteiger partial charge on any atom is -0.469 e. The Bertz CT molecular complexity index is 1030. The molecule has 0 amide bonds. The Labute approximate surface area is 230 Å². The molecule has 10 nitrogen and oxygen atoms in total. The standard InChI is InChI=1S/C29H42O10/c1-9-10-24(32)38-21-12-11-15(2)13-23-29(39-23,17(4)27(34)35-8)26(33)25-16(3)20(36-18(5)30)14-22(28(21,25)7)37-19(6)31/h13,16-17,20-23,25H,9-12,14H2,1-8H3/b15-13-/t16-,17+,20-,21+,22+,23+,25-,28+,29+/m1/s1. The van der Waals surface area contributed by atoms with Crippen LogP contribution >= 0.6 is 0 Å². The first kappa shape index (κ1) is 30.8. The predicted molar refractivity (Wildman–Crippen MR) is 138 cm³/mol. The number of esters is 4. The molecule has 0 radical (unpaired) electrons. The molecule has 0 aromatic carbocycles. The summed E-state index contributed by atoms with van der Waals surface area (Å²) < 4.78 is 28.6. The first-order chi connectivity index (χ1) is 18.2. The van der Waals surface area contributed by atoms with Crippen LogP contribution in [0.5, 0.6) is 0 Å². The van der Waals surface area contributed by atoms with Crippen LogP contribution < -0.4 is 0 Å². The molecule has 0 aromatic heterocycles. The summed E-state index contributed by atoms with van der Waals surface area (Å²) in [5, 5.41) is 0. The van der Waals surface area contributed by atoms with Gasteiger partial charge in [0.05, 0.1) is 18.4 Å². The highest BCUT2D eigenvalue weighted by atomic mass is 16.6. The van der Waals surface area contributed by atoms with Gasteiger partial charge in [-0.05, 0) is 33.1 Å². The van der Waals surface area contributed by atoms with Gasteiger partial charge >= 0.3 is 23.9 Å². The van der Waals surface area contributed by atoms with Gasteiger partial charge in [0.2, 0.25) is 0 Å². The summed E-state index contributed by atoms with van der Waals surface area (Å²) in [7, 11) is 1.25. The monoisotopic (exact) mass is 550 g/mol. The number of methoxy groups -OCH3 is 1. The molecular formula is C29H42O10. The molecule has 2 aliphatic carbocycles. The van der Waals surface area contributed by atoms with Crippen molar-refractivity contribution in [2.45, 2.75) is 111 Å². The van der Waals surface area contributed by atoms with Crippen LogP contribution in [-0.2, 0) is 47.7 Å². The number of fused-ring (bicyclic) bond motifs is 2. The zero-order valence-corrected chi connectivity index (χ0v) is 24.2. The smallest absolute Gasteiger partial charge is 0.311 e. The lowest BCUT2D eigenvalue weighted by atomic mass is 9.53. The highest BCUT2D eigenvalue weighted by molar-refractivity contribution is 5.98. The van der Waals surface area contributed by atoms with Crippen LogP contribution in [0.15, 0.2) is 11.6 Å². The minimum atomic E-state index is -1.53.